The monoisotopic (exact) mass is 325 g/mol. The highest BCUT2D eigenvalue weighted by Crippen LogP contribution is 2.30. The maximum atomic E-state index is 12.6. The number of amides is 1. The van der Waals surface area contributed by atoms with E-state index in [1.165, 1.54) is 6.42 Å². The van der Waals surface area contributed by atoms with E-state index in [-0.39, 0.29) is 5.92 Å². The van der Waals surface area contributed by atoms with Gasteiger partial charge >= 0.3 is 0 Å². The molecule has 0 unspecified atom stereocenters. The van der Waals surface area contributed by atoms with Gasteiger partial charge in [0.05, 0.1) is 25.0 Å². The fourth-order valence-corrected chi connectivity index (χ4v) is 3.49. The van der Waals surface area contributed by atoms with Crippen LogP contribution in [0.5, 0.6) is 5.75 Å². The summed E-state index contributed by atoms with van der Waals surface area (Å²) in [6, 6.07) is 10.1. The van der Waals surface area contributed by atoms with Crippen molar-refractivity contribution in [2.75, 3.05) is 13.7 Å². The molecular formula is C19H23N3O2. The van der Waals surface area contributed by atoms with Gasteiger partial charge in [-0.1, -0.05) is 18.6 Å². The Morgan fingerprint density at radius 2 is 2.08 bits per heavy atom. The standard InChI is InChI=1S/C19H23N3O2/c1-24-17-8-3-7-15(11-17)18-12-16-13-21(9-4-10-22(16)20-18)19(23)14-5-2-6-14/h3,7-8,11-12,14H,2,4-6,9-10,13H2,1H3. The number of benzene rings is 1. The summed E-state index contributed by atoms with van der Waals surface area (Å²) in [6.07, 6.45) is 4.28. The van der Waals surface area contributed by atoms with Crippen LogP contribution in [0.4, 0.5) is 0 Å². The van der Waals surface area contributed by atoms with Crippen molar-refractivity contribution in [1.29, 1.82) is 0 Å². The molecule has 5 nitrogen and oxygen atoms in total. The van der Waals surface area contributed by atoms with Gasteiger partial charge in [0.2, 0.25) is 5.91 Å². The molecule has 1 aromatic carbocycles. The van der Waals surface area contributed by atoms with E-state index in [9.17, 15) is 4.79 Å². The minimum absolute atomic E-state index is 0.261. The molecular weight excluding hydrogens is 302 g/mol. The molecule has 1 aromatic heterocycles. The van der Waals surface area contributed by atoms with Gasteiger partial charge in [-0.15, -0.1) is 0 Å². The Morgan fingerprint density at radius 3 is 2.83 bits per heavy atom. The summed E-state index contributed by atoms with van der Waals surface area (Å²) in [4.78, 5) is 14.6. The molecule has 0 N–H and O–H groups in total. The van der Waals surface area contributed by atoms with E-state index in [2.05, 4.69) is 10.7 Å². The third-order valence-corrected chi connectivity index (χ3v) is 5.15. The zero-order valence-corrected chi connectivity index (χ0v) is 14.1. The third-order valence-electron chi connectivity index (χ3n) is 5.15. The first kappa shape index (κ1) is 15.2. The predicted molar refractivity (Wildman–Crippen MR) is 91.6 cm³/mol. The lowest BCUT2D eigenvalue weighted by molar-refractivity contribution is -0.138. The molecule has 0 atom stereocenters. The second-order valence-electron chi connectivity index (χ2n) is 6.72. The van der Waals surface area contributed by atoms with Gasteiger partial charge in [0.25, 0.3) is 0 Å². The molecule has 24 heavy (non-hydrogen) atoms. The van der Waals surface area contributed by atoms with Crippen LogP contribution in [0, 0.1) is 5.92 Å². The Morgan fingerprint density at radius 1 is 1.21 bits per heavy atom. The minimum atomic E-state index is 0.261. The summed E-state index contributed by atoms with van der Waals surface area (Å²) >= 11 is 0. The Balaban J connectivity index is 1.58. The van der Waals surface area contributed by atoms with Crippen LogP contribution in [0.3, 0.4) is 0 Å². The van der Waals surface area contributed by atoms with Crippen molar-refractivity contribution in [3.05, 3.63) is 36.0 Å². The van der Waals surface area contributed by atoms with Crippen LogP contribution in [-0.4, -0.2) is 34.2 Å². The number of carbonyl (C=O) groups is 1. The van der Waals surface area contributed by atoms with Gasteiger partial charge in [0, 0.05) is 24.6 Å². The summed E-state index contributed by atoms with van der Waals surface area (Å²) in [5.41, 5.74) is 3.12. The summed E-state index contributed by atoms with van der Waals surface area (Å²) in [7, 11) is 1.67. The molecule has 2 aliphatic rings. The van der Waals surface area contributed by atoms with E-state index in [1.54, 1.807) is 7.11 Å². The second kappa shape index (κ2) is 6.30. The quantitative estimate of drug-likeness (QED) is 0.871. The number of fused-ring (bicyclic) bond motifs is 1. The van der Waals surface area contributed by atoms with Gasteiger partial charge in [0.1, 0.15) is 5.75 Å². The van der Waals surface area contributed by atoms with Crippen molar-refractivity contribution in [2.24, 2.45) is 5.92 Å². The molecule has 2 aromatic rings. The van der Waals surface area contributed by atoms with Gasteiger partial charge in [-0.2, -0.15) is 5.10 Å². The molecule has 5 heteroatoms. The van der Waals surface area contributed by atoms with Gasteiger partial charge in [-0.3, -0.25) is 9.48 Å². The zero-order valence-electron chi connectivity index (χ0n) is 14.1. The summed E-state index contributed by atoms with van der Waals surface area (Å²) in [5.74, 6) is 1.42. The number of carbonyl (C=O) groups excluding carboxylic acids is 1. The Labute approximate surface area is 142 Å². The minimum Gasteiger partial charge on any atom is -0.497 e. The highest BCUT2D eigenvalue weighted by molar-refractivity contribution is 5.79. The number of hydrogen-bond donors (Lipinski definition) is 0. The van der Waals surface area contributed by atoms with Crippen molar-refractivity contribution >= 4 is 5.91 Å². The average Bonchev–Trinajstić information content (AvgIpc) is 2.85. The van der Waals surface area contributed by atoms with E-state index in [0.717, 1.165) is 55.1 Å². The molecule has 1 saturated carbocycles. The number of aryl methyl sites for hydroxylation is 1. The number of nitrogens with zero attached hydrogens (tertiary/aromatic N) is 3. The third kappa shape index (κ3) is 2.79. The van der Waals surface area contributed by atoms with Crippen LogP contribution >= 0.6 is 0 Å². The lowest BCUT2D eigenvalue weighted by Crippen LogP contribution is -2.38. The molecule has 4 rings (SSSR count). The normalized spacial score (nSPS) is 17.8. The lowest BCUT2D eigenvalue weighted by atomic mass is 9.84. The topological polar surface area (TPSA) is 47.4 Å². The molecule has 1 fully saturated rings. The molecule has 0 bridgehead atoms. The van der Waals surface area contributed by atoms with Crippen molar-refractivity contribution in [1.82, 2.24) is 14.7 Å². The van der Waals surface area contributed by atoms with Gasteiger partial charge in [0.15, 0.2) is 0 Å². The highest BCUT2D eigenvalue weighted by atomic mass is 16.5. The van der Waals surface area contributed by atoms with E-state index in [1.807, 2.05) is 29.2 Å². The number of aromatic nitrogens is 2. The highest BCUT2D eigenvalue weighted by Gasteiger charge is 2.30. The van der Waals surface area contributed by atoms with E-state index >= 15 is 0 Å². The van der Waals surface area contributed by atoms with Crippen LogP contribution in [-0.2, 0) is 17.9 Å². The number of methoxy groups -OCH3 is 1. The van der Waals surface area contributed by atoms with E-state index < -0.39 is 0 Å². The van der Waals surface area contributed by atoms with E-state index in [0.29, 0.717) is 12.5 Å². The average molecular weight is 325 g/mol. The first-order chi connectivity index (χ1) is 11.7. The molecule has 0 saturated heterocycles. The summed E-state index contributed by atoms with van der Waals surface area (Å²) in [5, 5.41) is 4.75. The van der Waals surface area contributed by atoms with Crippen molar-refractivity contribution in [3.8, 4) is 17.0 Å². The number of rotatable bonds is 3. The van der Waals surface area contributed by atoms with Crippen LogP contribution in [0.2, 0.25) is 0 Å². The predicted octanol–water partition coefficient (Wildman–Crippen LogP) is 3.09. The van der Waals surface area contributed by atoms with Gasteiger partial charge in [-0.05, 0) is 37.5 Å². The first-order valence-electron chi connectivity index (χ1n) is 8.74. The van der Waals surface area contributed by atoms with Crippen molar-refractivity contribution in [3.63, 3.8) is 0 Å². The van der Waals surface area contributed by atoms with Crippen LogP contribution in [0.15, 0.2) is 30.3 Å². The molecule has 1 amide bonds. The molecule has 0 spiro atoms. The molecule has 1 aliphatic heterocycles. The largest absolute Gasteiger partial charge is 0.497 e. The Bertz CT molecular complexity index is 749. The molecule has 1 aliphatic carbocycles. The Hall–Kier alpha value is -2.30. The summed E-state index contributed by atoms with van der Waals surface area (Å²) in [6.45, 7) is 2.38. The fourth-order valence-electron chi connectivity index (χ4n) is 3.49. The molecule has 0 radical (unpaired) electrons. The Kier molecular flexibility index (Phi) is 4.00. The lowest BCUT2D eigenvalue weighted by Gasteiger charge is -2.30. The van der Waals surface area contributed by atoms with E-state index in [4.69, 9.17) is 9.84 Å². The fraction of sp³-hybridized carbons (Fsp3) is 0.474. The first-order valence-corrected chi connectivity index (χ1v) is 8.74. The van der Waals surface area contributed by atoms with Crippen LogP contribution in [0.1, 0.15) is 31.4 Å². The van der Waals surface area contributed by atoms with Crippen LogP contribution < -0.4 is 4.74 Å². The second-order valence-corrected chi connectivity index (χ2v) is 6.72. The zero-order chi connectivity index (χ0) is 16.5. The summed E-state index contributed by atoms with van der Waals surface area (Å²) < 4.78 is 7.36. The maximum Gasteiger partial charge on any atom is 0.226 e. The smallest absolute Gasteiger partial charge is 0.226 e. The number of hydrogen-bond acceptors (Lipinski definition) is 3. The van der Waals surface area contributed by atoms with Gasteiger partial charge in [-0.25, -0.2) is 0 Å². The number of ether oxygens (including phenoxy) is 1. The SMILES string of the molecule is COc1cccc(-c2cc3n(n2)CCCN(C(=O)C2CCC2)C3)c1. The van der Waals surface area contributed by atoms with Crippen molar-refractivity contribution < 1.29 is 9.53 Å². The van der Waals surface area contributed by atoms with Crippen molar-refractivity contribution in [2.45, 2.75) is 38.8 Å². The maximum absolute atomic E-state index is 12.6. The molecule has 126 valence electrons. The van der Waals surface area contributed by atoms with Crippen LogP contribution in [0.25, 0.3) is 11.3 Å². The molecule has 2 heterocycles. The van der Waals surface area contributed by atoms with Gasteiger partial charge < -0.3 is 9.64 Å².